The van der Waals surface area contributed by atoms with Crippen molar-refractivity contribution in [3.8, 4) is 0 Å². The summed E-state index contributed by atoms with van der Waals surface area (Å²) in [5, 5.41) is 6.50. The van der Waals surface area contributed by atoms with Crippen LogP contribution in [-0.2, 0) is 23.1 Å². The number of hydrogen-bond acceptors (Lipinski definition) is 4. The molecule has 1 aromatic rings. The number of aliphatic imine (C=N–C) groups is 1. The first-order valence-electron chi connectivity index (χ1n) is 6.14. The van der Waals surface area contributed by atoms with E-state index in [4.69, 9.17) is 0 Å². The minimum absolute atomic E-state index is 0.627. The summed E-state index contributed by atoms with van der Waals surface area (Å²) in [5.74, 6) is 1.52. The van der Waals surface area contributed by atoms with Gasteiger partial charge in [0.15, 0.2) is 5.96 Å². The van der Waals surface area contributed by atoms with Crippen LogP contribution in [0.15, 0.2) is 29.3 Å². The molecule has 1 atom stereocenters. The van der Waals surface area contributed by atoms with Crippen molar-refractivity contribution in [2.24, 2.45) is 4.99 Å². The first kappa shape index (κ1) is 13.1. The monoisotopic (exact) mass is 265 g/mol. The molecule has 1 aliphatic heterocycles. The van der Waals surface area contributed by atoms with Crippen molar-refractivity contribution in [1.29, 1.82) is 0 Å². The highest BCUT2D eigenvalue weighted by atomic mass is 32.2. The van der Waals surface area contributed by atoms with Crippen LogP contribution in [0.4, 0.5) is 0 Å². The average Bonchev–Trinajstić information content (AvgIpc) is 2.38. The summed E-state index contributed by atoms with van der Waals surface area (Å²) in [6.45, 7) is 2.66. The highest BCUT2D eigenvalue weighted by Gasteiger charge is 2.03. The Labute approximate surface area is 110 Å². The Kier molecular flexibility index (Phi) is 4.75. The van der Waals surface area contributed by atoms with Crippen LogP contribution >= 0.6 is 0 Å². The molecule has 1 heterocycles. The summed E-state index contributed by atoms with van der Waals surface area (Å²) in [5.41, 5.74) is 2.32. The molecule has 98 valence electrons. The Morgan fingerprint density at radius 2 is 2.06 bits per heavy atom. The van der Waals surface area contributed by atoms with E-state index in [0.29, 0.717) is 5.75 Å². The molecule has 4 nitrogen and oxygen atoms in total. The summed E-state index contributed by atoms with van der Waals surface area (Å²) in [6, 6.07) is 8.21. The van der Waals surface area contributed by atoms with E-state index >= 15 is 0 Å². The van der Waals surface area contributed by atoms with E-state index in [1.54, 1.807) is 6.26 Å². The van der Waals surface area contributed by atoms with E-state index in [9.17, 15) is 4.21 Å². The molecular weight excluding hydrogens is 246 g/mol. The van der Waals surface area contributed by atoms with E-state index in [-0.39, 0.29) is 0 Å². The lowest BCUT2D eigenvalue weighted by Gasteiger charge is -2.16. The lowest BCUT2D eigenvalue weighted by Crippen LogP contribution is -2.40. The highest BCUT2D eigenvalue weighted by Crippen LogP contribution is 2.06. The topological polar surface area (TPSA) is 53.5 Å². The van der Waals surface area contributed by atoms with Gasteiger partial charge in [0.05, 0.1) is 0 Å². The van der Waals surface area contributed by atoms with Crippen molar-refractivity contribution in [3.05, 3.63) is 35.4 Å². The van der Waals surface area contributed by atoms with Crippen LogP contribution < -0.4 is 10.6 Å². The van der Waals surface area contributed by atoms with Gasteiger partial charge in [0.1, 0.15) is 0 Å². The van der Waals surface area contributed by atoms with Crippen molar-refractivity contribution in [2.45, 2.75) is 18.7 Å². The summed E-state index contributed by atoms with van der Waals surface area (Å²) in [4.78, 5) is 4.36. The minimum Gasteiger partial charge on any atom is -0.356 e. The number of rotatable bonds is 4. The Morgan fingerprint density at radius 1 is 1.33 bits per heavy atom. The molecule has 2 rings (SSSR count). The van der Waals surface area contributed by atoms with Gasteiger partial charge in [0.25, 0.3) is 0 Å². The maximum atomic E-state index is 11.1. The third-order valence-electron chi connectivity index (χ3n) is 2.75. The van der Waals surface area contributed by atoms with Crippen LogP contribution in [0.25, 0.3) is 0 Å². The van der Waals surface area contributed by atoms with Crippen LogP contribution in [0.1, 0.15) is 17.5 Å². The van der Waals surface area contributed by atoms with Crippen LogP contribution in [0.2, 0.25) is 0 Å². The molecule has 2 N–H and O–H groups in total. The SMILES string of the molecule is CS(=O)Cc1ccc(CNC2=NCCCN2)cc1. The Balaban J connectivity index is 1.86. The van der Waals surface area contributed by atoms with Crippen LogP contribution in [0.3, 0.4) is 0 Å². The van der Waals surface area contributed by atoms with E-state index in [1.807, 2.05) is 12.1 Å². The van der Waals surface area contributed by atoms with E-state index in [0.717, 1.165) is 37.6 Å². The summed E-state index contributed by atoms with van der Waals surface area (Å²) in [6.07, 6.45) is 2.83. The fraction of sp³-hybridized carbons (Fsp3) is 0.462. The molecule has 5 heteroatoms. The fourth-order valence-corrected chi connectivity index (χ4v) is 2.49. The van der Waals surface area contributed by atoms with Crippen LogP contribution in [-0.4, -0.2) is 29.5 Å². The van der Waals surface area contributed by atoms with Gasteiger partial charge < -0.3 is 10.6 Å². The molecule has 18 heavy (non-hydrogen) atoms. The van der Waals surface area contributed by atoms with Gasteiger partial charge in [-0.1, -0.05) is 24.3 Å². The zero-order valence-electron chi connectivity index (χ0n) is 10.6. The Morgan fingerprint density at radius 3 is 2.67 bits per heavy atom. The molecule has 0 spiro atoms. The summed E-state index contributed by atoms with van der Waals surface area (Å²) >= 11 is 0. The maximum Gasteiger partial charge on any atom is 0.191 e. The van der Waals surface area contributed by atoms with E-state index in [1.165, 1.54) is 5.56 Å². The smallest absolute Gasteiger partial charge is 0.191 e. The molecule has 0 bridgehead atoms. The van der Waals surface area contributed by atoms with Gasteiger partial charge in [-0.3, -0.25) is 9.20 Å². The molecule has 0 amide bonds. The standard InChI is InChI=1S/C13H19N3OS/c1-18(17)10-12-5-3-11(4-6-12)9-16-13-14-7-2-8-15-13/h3-6H,2,7-10H2,1H3,(H2,14,15,16). The second-order valence-electron chi connectivity index (χ2n) is 4.40. The van der Waals surface area contributed by atoms with E-state index in [2.05, 4.69) is 27.8 Å². The number of hydrogen-bond donors (Lipinski definition) is 2. The van der Waals surface area contributed by atoms with Crippen molar-refractivity contribution < 1.29 is 4.21 Å². The normalized spacial score (nSPS) is 16.6. The van der Waals surface area contributed by atoms with Crippen molar-refractivity contribution in [3.63, 3.8) is 0 Å². The molecule has 0 saturated heterocycles. The molecule has 0 radical (unpaired) electrons. The largest absolute Gasteiger partial charge is 0.356 e. The molecule has 1 aliphatic rings. The van der Waals surface area contributed by atoms with Crippen molar-refractivity contribution in [2.75, 3.05) is 19.3 Å². The third-order valence-corrected chi connectivity index (χ3v) is 3.49. The van der Waals surface area contributed by atoms with Crippen molar-refractivity contribution in [1.82, 2.24) is 10.6 Å². The Bertz CT molecular complexity index is 442. The van der Waals surface area contributed by atoms with Gasteiger partial charge in [0.2, 0.25) is 0 Å². The van der Waals surface area contributed by atoms with Crippen LogP contribution in [0.5, 0.6) is 0 Å². The maximum absolute atomic E-state index is 11.1. The molecular formula is C13H19N3OS. The zero-order chi connectivity index (χ0) is 12.8. The number of nitrogens with zero attached hydrogens (tertiary/aromatic N) is 1. The second-order valence-corrected chi connectivity index (χ2v) is 5.83. The number of benzene rings is 1. The lowest BCUT2D eigenvalue weighted by atomic mass is 10.1. The van der Waals surface area contributed by atoms with Gasteiger partial charge in [-0.05, 0) is 17.5 Å². The summed E-state index contributed by atoms with van der Waals surface area (Å²) < 4.78 is 11.1. The predicted octanol–water partition coefficient (Wildman–Crippen LogP) is 1.00. The van der Waals surface area contributed by atoms with Gasteiger partial charge in [-0.2, -0.15) is 0 Å². The van der Waals surface area contributed by atoms with E-state index < -0.39 is 10.8 Å². The average molecular weight is 265 g/mol. The zero-order valence-corrected chi connectivity index (χ0v) is 11.4. The van der Waals surface area contributed by atoms with Gasteiger partial charge >= 0.3 is 0 Å². The second kappa shape index (κ2) is 6.54. The first-order valence-corrected chi connectivity index (χ1v) is 7.87. The van der Waals surface area contributed by atoms with Gasteiger partial charge in [-0.25, -0.2) is 0 Å². The molecule has 0 fully saturated rings. The number of nitrogens with one attached hydrogen (secondary N) is 2. The minimum atomic E-state index is -0.775. The third kappa shape index (κ3) is 4.14. The van der Waals surface area contributed by atoms with Crippen LogP contribution in [0, 0.1) is 0 Å². The molecule has 1 aromatic carbocycles. The Hall–Kier alpha value is -1.36. The molecule has 0 saturated carbocycles. The molecule has 0 aromatic heterocycles. The molecule has 0 aliphatic carbocycles. The summed E-state index contributed by atoms with van der Waals surface area (Å²) in [7, 11) is -0.775. The number of guanidine groups is 1. The lowest BCUT2D eigenvalue weighted by molar-refractivity contribution is 0.686. The molecule has 1 unspecified atom stereocenters. The highest BCUT2D eigenvalue weighted by molar-refractivity contribution is 7.83. The fourth-order valence-electron chi connectivity index (χ4n) is 1.82. The van der Waals surface area contributed by atoms with Gasteiger partial charge in [-0.15, -0.1) is 0 Å². The van der Waals surface area contributed by atoms with Crippen molar-refractivity contribution >= 4 is 16.8 Å². The first-order chi connectivity index (χ1) is 8.74. The quantitative estimate of drug-likeness (QED) is 0.854. The predicted molar refractivity (Wildman–Crippen MR) is 76.0 cm³/mol. The van der Waals surface area contributed by atoms with Gasteiger partial charge in [0, 0.05) is 42.4 Å².